The molecule has 1 N–H and O–H groups in total. The van der Waals surface area contributed by atoms with Crippen molar-refractivity contribution in [3.8, 4) is 0 Å². The van der Waals surface area contributed by atoms with E-state index in [4.69, 9.17) is 0 Å². The van der Waals surface area contributed by atoms with Crippen LogP contribution >= 0.6 is 0 Å². The van der Waals surface area contributed by atoms with Crippen molar-refractivity contribution in [3.05, 3.63) is 23.8 Å². The number of carbonyl (C=O) groups excluding carboxylic acids is 1. The van der Waals surface area contributed by atoms with Gasteiger partial charge in [0.2, 0.25) is 15.9 Å². The van der Waals surface area contributed by atoms with Gasteiger partial charge < -0.3 is 5.11 Å². The SMILES string of the molecule is CC(C)CC(=O)N1c2ccc(S(=O)(=O)N3CCCCC3)cc2CC1C(=O)O. The van der Waals surface area contributed by atoms with Gasteiger partial charge in [-0.15, -0.1) is 0 Å². The highest BCUT2D eigenvalue weighted by atomic mass is 32.2. The number of benzene rings is 1. The molecule has 27 heavy (non-hydrogen) atoms. The average Bonchev–Trinajstić information content (AvgIpc) is 3.01. The number of carbonyl (C=O) groups is 2. The van der Waals surface area contributed by atoms with Crippen molar-refractivity contribution >= 4 is 27.6 Å². The monoisotopic (exact) mass is 394 g/mol. The predicted octanol–water partition coefficient (Wildman–Crippen LogP) is 2.25. The zero-order chi connectivity index (χ0) is 19.8. The van der Waals surface area contributed by atoms with Crippen LogP contribution in [0, 0.1) is 5.92 Å². The molecular formula is C19H26N2O5S. The molecule has 1 atom stereocenters. The Morgan fingerprint density at radius 2 is 1.85 bits per heavy atom. The summed E-state index contributed by atoms with van der Waals surface area (Å²) in [6, 6.07) is 3.62. The molecule has 1 aromatic carbocycles. The van der Waals surface area contributed by atoms with Gasteiger partial charge in [0.25, 0.3) is 0 Å². The van der Waals surface area contributed by atoms with E-state index in [-0.39, 0.29) is 29.6 Å². The highest BCUT2D eigenvalue weighted by Gasteiger charge is 2.39. The number of hydrogen-bond acceptors (Lipinski definition) is 4. The molecule has 2 aliphatic rings. The van der Waals surface area contributed by atoms with Crippen LogP contribution in [0.25, 0.3) is 0 Å². The summed E-state index contributed by atoms with van der Waals surface area (Å²) in [7, 11) is -3.60. The molecule has 1 unspecified atom stereocenters. The molecule has 8 heteroatoms. The average molecular weight is 394 g/mol. The van der Waals surface area contributed by atoms with Crippen molar-refractivity contribution in [2.45, 2.75) is 56.9 Å². The standard InChI is InChI=1S/C19H26N2O5S/c1-13(2)10-18(22)21-16-7-6-15(11-14(16)12-17(21)19(23)24)27(25,26)20-8-4-3-5-9-20/h6-7,11,13,17H,3-5,8-10,12H2,1-2H3,(H,23,24). The first-order valence-corrected chi connectivity index (χ1v) is 10.8. The van der Waals surface area contributed by atoms with Gasteiger partial charge in [-0.2, -0.15) is 4.31 Å². The van der Waals surface area contributed by atoms with Crippen LogP contribution in [-0.4, -0.2) is 48.8 Å². The van der Waals surface area contributed by atoms with Gasteiger partial charge >= 0.3 is 5.97 Å². The Hall–Kier alpha value is -1.93. The summed E-state index contributed by atoms with van der Waals surface area (Å²) in [6.07, 6.45) is 3.10. The molecule has 2 heterocycles. The van der Waals surface area contributed by atoms with Gasteiger partial charge in [0.15, 0.2) is 0 Å². The molecule has 148 valence electrons. The molecule has 0 aromatic heterocycles. The number of carboxylic acid groups (broad SMARTS) is 1. The van der Waals surface area contributed by atoms with E-state index in [1.807, 2.05) is 13.8 Å². The van der Waals surface area contributed by atoms with Crippen LogP contribution in [0.15, 0.2) is 23.1 Å². The van der Waals surface area contributed by atoms with E-state index < -0.39 is 22.0 Å². The third-order valence-corrected chi connectivity index (χ3v) is 7.02. The maximum absolute atomic E-state index is 12.9. The molecule has 0 radical (unpaired) electrons. The van der Waals surface area contributed by atoms with Gasteiger partial charge in [-0.25, -0.2) is 13.2 Å². The van der Waals surface area contributed by atoms with Crippen LogP contribution in [0.2, 0.25) is 0 Å². The third-order valence-electron chi connectivity index (χ3n) is 5.12. The highest BCUT2D eigenvalue weighted by molar-refractivity contribution is 7.89. The second kappa shape index (κ2) is 7.59. The second-order valence-electron chi connectivity index (χ2n) is 7.68. The van der Waals surface area contributed by atoms with E-state index >= 15 is 0 Å². The number of sulfonamides is 1. The van der Waals surface area contributed by atoms with E-state index in [0.717, 1.165) is 19.3 Å². The molecule has 0 bridgehead atoms. The summed E-state index contributed by atoms with van der Waals surface area (Å²) in [5, 5.41) is 9.55. The summed E-state index contributed by atoms with van der Waals surface area (Å²) in [5.74, 6) is -1.22. The van der Waals surface area contributed by atoms with Crippen LogP contribution in [0.3, 0.4) is 0 Å². The Morgan fingerprint density at radius 3 is 2.44 bits per heavy atom. The maximum atomic E-state index is 12.9. The fourth-order valence-corrected chi connectivity index (χ4v) is 5.36. The maximum Gasteiger partial charge on any atom is 0.327 e. The number of carboxylic acids is 1. The minimum Gasteiger partial charge on any atom is -0.480 e. The number of piperidine rings is 1. The zero-order valence-corrected chi connectivity index (χ0v) is 16.5. The summed E-state index contributed by atoms with van der Waals surface area (Å²) in [5.41, 5.74) is 1.10. The Labute approximate surface area is 160 Å². The highest BCUT2D eigenvalue weighted by Crippen LogP contribution is 2.36. The fraction of sp³-hybridized carbons (Fsp3) is 0.579. The molecule has 2 aliphatic heterocycles. The Morgan fingerprint density at radius 1 is 1.19 bits per heavy atom. The van der Waals surface area contributed by atoms with Crippen LogP contribution in [0.4, 0.5) is 5.69 Å². The first-order chi connectivity index (χ1) is 12.7. The molecule has 3 rings (SSSR count). The quantitative estimate of drug-likeness (QED) is 0.826. The number of rotatable bonds is 5. The minimum atomic E-state index is -3.60. The van der Waals surface area contributed by atoms with E-state index in [9.17, 15) is 23.1 Å². The molecule has 1 amide bonds. The Kier molecular flexibility index (Phi) is 5.58. The molecule has 7 nitrogen and oxygen atoms in total. The fourth-order valence-electron chi connectivity index (χ4n) is 3.80. The van der Waals surface area contributed by atoms with Gasteiger partial charge in [-0.1, -0.05) is 20.3 Å². The Balaban J connectivity index is 1.94. The minimum absolute atomic E-state index is 0.106. The lowest BCUT2D eigenvalue weighted by atomic mass is 10.1. The van der Waals surface area contributed by atoms with Crippen LogP contribution < -0.4 is 4.90 Å². The van der Waals surface area contributed by atoms with Gasteiger partial charge in [0, 0.05) is 31.6 Å². The number of fused-ring (bicyclic) bond motifs is 1. The van der Waals surface area contributed by atoms with E-state index in [2.05, 4.69) is 0 Å². The van der Waals surface area contributed by atoms with Gasteiger partial charge in [-0.05, 0) is 42.5 Å². The summed E-state index contributed by atoms with van der Waals surface area (Å²) >= 11 is 0. The molecule has 1 aromatic rings. The first kappa shape index (κ1) is 19.8. The normalized spacial score (nSPS) is 20.7. The number of amides is 1. The lowest BCUT2D eigenvalue weighted by Gasteiger charge is -2.26. The Bertz CT molecular complexity index is 844. The van der Waals surface area contributed by atoms with E-state index in [1.165, 1.54) is 21.3 Å². The molecule has 0 aliphatic carbocycles. The van der Waals surface area contributed by atoms with Gasteiger partial charge in [0.1, 0.15) is 6.04 Å². The first-order valence-electron chi connectivity index (χ1n) is 9.39. The van der Waals surface area contributed by atoms with Crippen LogP contribution in [0.5, 0.6) is 0 Å². The number of hydrogen-bond donors (Lipinski definition) is 1. The van der Waals surface area contributed by atoms with Crippen molar-refractivity contribution < 1.29 is 23.1 Å². The molecular weight excluding hydrogens is 368 g/mol. The lowest BCUT2D eigenvalue weighted by molar-refractivity contribution is -0.140. The van der Waals surface area contributed by atoms with Gasteiger partial charge in [-0.3, -0.25) is 9.69 Å². The summed E-state index contributed by atoms with van der Waals surface area (Å²) in [4.78, 5) is 25.8. The predicted molar refractivity (Wildman–Crippen MR) is 101 cm³/mol. The van der Waals surface area contributed by atoms with Crippen molar-refractivity contribution in [3.63, 3.8) is 0 Å². The smallest absolute Gasteiger partial charge is 0.327 e. The largest absolute Gasteiger partial charge is 0.480 e. The van der Waals surface area contributed by atoms with Crippen molar-refractivity contribution in [2.75, 3.05) is 18.0 Å². The van der Waals surface area contributed by atoms with Crippen molar-refractivity contribution in [1.82, 2.24) is 4.31 Å². The summed E-state index contributed by atoms with van der Waals surface area (Å²) < 4.78 is 27.3. The third kappa shape index (κ3) is 3.87. The van der Waals surface area contributed by atoms with Crippen molar-refractivity contribution in [2.24, 2.45) is 5.92 Å². The topological polar surface area (TPSA) is 95.0 Å². The molecule has 1 saturated heterocycles. The molecule has 0 spiro atoms. The summed E-state index contributed by atoms with van der Waals surface area (Å²) in [6.45, 7) is 4.82. The van der Waals surface area contributed by atoms with Crippen LogP contribution in [0.1, 0.15) is 45.1 Å². The van der Waals surface area contributed by atoms with Gasteiger partial charge in [0.05, 0.1) is 4.90 Å². The number of nitrogens with zero attached hydrogens (tertiary/aromatic N) is 2. The molecule has 1 fully saturated rings. The van der Waals surface area contributed by atoms with Crippen molar-refractivity contribution in [1.29, 1.82) is 0 Å². The van der Waals surface area contributed by atoms with E-state index in [0.29, 0.717) is 24.3 Å². The molecule has 0 saturated carbocycles. The number of anilines is 1. The number of aliphatic carboxylic acids is 1. The lowest BCUT2D eigenvalue weighted by Crippen LogP contribution is -2.43. The second-order valence-corrected chi connectivity index (χ2v) is 9.61. The van der Waals surface area contributed by atoms with E-state index in [1.54, 1.807) is 6.07 Å². The zero-order valence-electron chi connectivity index (χ0n) is 15.7. The van der Waals surface area contributed by atoms with Crippen LogP contribution in [-0.2, 0) is 26.0 Å².